The molecule has 0 spiro atoms. The number of nitrogens with two attached hydrogens (primary N) is 1. The molecular formula is C27H24FN3O4. The van der Waals surface area contributed by atoms with Crippen molar-refractivity contribution in [2.24, 2.45) is 0 Å². The van der Waals surface area contributed by atoms with Crippen LogP contribution < -0.4 is 15.8 Å². The monoisotopic (exact) mass is 473 g/mol. The highest BCUT2D eigenvalue weighted by Gasteiger charge is 2.19. The van der Waals surface area contributed by atoms with E-state index in [4.69, 9.17) is 15.2 Å². The number of nitrogens with one attached hydrogen (secondary N) is 1. The number of aromatic nitrogens is 1. The Bertz CT molecular complexity index is 1400. The van der Waals surface area contributed by atoms with Gasteiger partial charge >= 0.3 is 5.97 Å². The Labute approximate surface area is 201 Å². The fraction of sp³-hybridized carbons (Fsp3) is 0.148. The summed E-state index contributed by atoms with van der Waals surface area (Å²) in [6, 6.07) is 17.8. The number of esters is 1. The van der Waals surface area contributed by atoms with Gasteiger partial charge in [0.25, 0.3) is 5.91 Å². The SMILES string of the molecule is CCOC(=O)c1c(C)nc2ccc(NC(=O)c3ccccc3COc3ccc(F)cc3)cc2c1N. The van der Waals surface area contributed by atoms with E-state index in [1.807, 2.05) is 6.07 Å². The van der Waals surface area contributed by atoms with Crippen molar-refractivity contribution in [1.82, 2.24) is 4.98 Å². The van der Waals surface area contributed by atoms with E-state index in [0.29, 0.717) is 39.2 Å². The predicted octanol–water partition coefficient (Wildman–Crippen LogP) is 5.27. The van der Waals surface area contributed by atoms with Gasteiger partial charge in [0.05, 0.1) is 23.5 Å². The predicted molar refractivity (Wildman–Crippen MR) is 132 cm³/mol. The van der Waals surface area contributed by atoms with Gasteiger partial charge in [-0.05, 0) is 62.4 Å². The summed E-state index contributed by atoms with van der Waals surface area (Å²) in [5, 5.41) is 3.40. The van der Waals surface area contributed by atoms with Crippen LogP contribution in [0.3, 0.4) is 0 Å². The zero-order valence-corrected chi connectivity index (χ0v) is 19.3. The first-order valence-electron chi connectivity index (χ1n) is 11.0. The van der Waals surface area contributed by atoms with Gasteiger partial charge in [-0.1, -0.05) is 18.2 Å². The van der Waals surface area contributed by atoms with E-state index in [2.05, 4.69) is 10.3 Å². The molecule has 0 aliphatic heterocycles. The number of carbonyl (C=O) groups excluding carboxylic acids is 2. The molecule has 0 saturated heterocycles. The molecule has 3 aromatic carbocycles. The van der Waals surface area contributed by atoms with Crippen molar-refractivity contribution in [2.75, 3.05) is 17.7 Å². The summed E-state index contributed by atoms with van der Waals surface area (Å²) < 4.78 is 23.9. The van der Waals surface area contributed by atoms with Gasteiger partial charge in [0.2, 0.25) is 0 Å². The van der Waals surface area contributed by atoms with E-state index < -0.39 is 5.97 Å². The van der Waals surface area contributed by atoms with E-state index in [-0.39, 0.29) is 36.2 Å². The van der Waals surface area contributed by atoms with Gasteiger partial charge in [-0.15, -0.1) is 0 Å². The number of anilines is 2. The maximum atomic E-state index is 13.1. The average molecular weight is 474 g/mol. The second kappa shape index (κ2) is 10.2. The molecule has 0 aliphatic rings. The zero-order chi connectivity index (χ0) is 24.9. The van der Waals surface area contributed by atoms with E-state index in [0.717, 1.165) is 0 Å². The van der Waals surface area contributed by atoms with E-state index in [9.17, 15) is 14.0 Å². The van der Waals surface area contributed by atoms with E-state index in [1.165, 1.54) is 24.3 Å². The number of ether oxygens (including phenoxy) is 2. The minimum atomic E-state index is -0.540. The van der Waals surface area contributed by atoms with Crippen molar-refractivity contribution >= 4 is 34.2 Å². The second-order valence-electron chi connectivity index (χ2n) is 7.79. The molecule has 1 amide bonds. The number of aryl methyl sites for hydroxylation is 1. The third-order valence-electron chi connectivity index (χ3n) is 5.41. The van der Waals surface area contributed by atoms with Crippen LogP contribution in [0.1, 0.15) is 38.9 Å². The Hall–Kier alpha value is -4.46. The number of nitrogens with zero attached hydrogens (tertiary/aromatic N) is 1. The summed E-state index contributed by atoms with van der Waals surface area (Å²) >= 11 is 0. The molecule has 0 bridgehead atoms. The maximum Gasteiger partial charge on any atom is 0.342 e. The quantitative estimate of drug-likeness (QED) is 0.354. The Kier molecular flexibility index (Phi) is 6.91. The molecule has 0 fully saturated rings. The number of hydrogen-bond donors (Lipinski definition) is 2. The van der Waals surface area contributed by atoms with Crippen LogP contribution in [0.15, 0.2) is 66.7 Å². The number of rotatable bonds is 7. The van der Waals surface area contributed by atoms with Crippen molar-refractivity contribution in [2.45, 2.75) is 20.5 Å². The normalized spacial score (nSPS) is 10.7. The molecule has 8 heteroatoms. The molecule has 4 rings (SSSR count). The Morgan fingerprint density at radius 3 is 2.54 bits per heavy atom. The number of hydrogen-bond acceptors (Lipinski definition) is 6. The van der Waals surface area contributed by atoms with Crippen LogP contribution in [0.25, 0.3) is 10.9 Å². The van der Waals surface area contributed by atoms with Crippen molar-refractivity contribution in [1.29, 1.82) is 0 Å². The molecule has 1 heterocycles. The minimum absolute atomic E-state index is 0.131. The highest BCUT2D eigenvalue weighted by molar-refractivity contribution is 6.09. The lowest BCUT2D eigenvalue weighted by molar-refractivity contribution is 0.0526. The summed E-state index contributed by atoms with van der Waals surface area (Å²) in [5.41, 5.74) is 9.41. The Balaban J connectivity index is 1.58. The molecule has 0 atom stereocenters. The van der Waals surface area contributed by atoms with Crippen LogP contribution in [0, 0.1) is 12.7 Å². The molecule has 1 aromatic heterocycles. The fourth-order valence-electron chi connectivity index (χ4n) is 3.71. The average Bonchev–Trinajstić information content (AvgIpc) is 2.84. The van der Waals surface area contributed by atoms with Crippen LogP contribution >= 0.6 is 0 Å². The number of nitrogen functional groups attached to an aromatic ring is 1. The van der Waals surface area contributed by atoms with Gasteiger partial charge in [-0.3, -0.25) is 9.78 Å². The molecule has 3 N–H and O–H groups in total. The molecule has 7 nitrogen and oxygen atoms in total. The first-order chi connectivity index (χ1) is 16.9. The van der Waals surface area contributed by atoms with Gasteiger partial charge in [-0.2, -0.15) is 0 Å². The van der Waals surface area contributed by atoms with Gasteiger partial charge in [0, 0.05) is 22.2 Å². The molecule has 0 radical (unpaired) electrons. The van der Waals surface area contributed by atoms with Crippen molar-refractivity contribution in [3.8, 4) is 5.75 Å². The second-order valence-corrected chi connectivity index (χ2v) is 7.79. The third-order valence-corrected chi connectivity index (χ3v) is 5.41. The van der Waals surface area contributed by atoms with Gasteiger partial charge in [0.1, 0.15) is 23.7 Å². The highest BCUT2D eigenvalue weighted by Crippen LogP contribution is 2.29. The van der Waals surface area contributed by atoms with Gasteiger partial charge < -0.3 is 20.5 Å². The zero-order valence-electron chi connectivity index (χ0n) is 19.3. The number of fused-ring (bicyclic) bond motifs is 1. The largest absolute Gasteiger partial charge is 0.489 e. The van der Waals surface area contributed by atoms with E-state index in [1.54, 1.807) is 50.2 Å². The summed E-state index contributed by atoms with van der Waals surface area (Å²) in [4.78, 5) is 29.9. The first kappa shape index (κ1) is 23.7. The number of amides is 1. The number of benzene rings is 3. The van der Waals surface area contributed by atoms with E-state index >= 15 is 0 Å². The minimum Gasteiger partial charge on any atom is -0.489 e. The third kappa shape index (κ3) is 5.22. The summed E-state index contributed by atoms with van der Waals surface area (Å²) in [6.45, 7) is 3.76. The first-order valence-corrected chi connectivity index (χ1v) is 11.0. The molecular weight excluding hydrogens is 449 g/mol. The smallest absolute Gasteiger partial charge is 0.342 e. The van der Waals surface area contributed by atoms with Crippen LogP contribution in [0.2, 0.25) is 0 Å². The van der Waals surface area contributed by atoms with Crippen molar-refractivity contribution in [3.05, 3.63) is 94.9 Å². The molecule has 4 aromatic rings. The number of halogens is 1. The Morgan fingerprint density at radius 1 is 1.06 bits per heavy atom. The maximum absolute atomic E-state index is 13.1. The Morgan fingerprint density at radius 2 is 1.80 bits per heavy atom. The lowest BCUT2D eigenvalue weighted by Gasteiger charge is -2.14. The van der Waals surface area contributed by atoms with Crippen LogP contribution in [-0.2, 0) is 11.3 Å². The van der Waals surface area contributed by atoms with Crippen LogP contribution in [0.4, 0.5) is 15.8 Å². The number of carbonyl (C=O) groups is 2. The topological polar surface area (TPSA) is 104 Å². The molecule has 178 valence electrons. The molecule has 0 saturated carbocycles. The number of pyridine rings is 1. The summed E-state index contributed by atoms with van der Waals surface area (Å²) in [5.74, 6) is -0.743. The van der Waals surface area contributed by atoms with Gasteiger partial charge in [0.15, 0.2) is 0 Å². The van der Waals surface area contributed by atoms with Crippen molar-refractivity contribution in [3.63, 3.8) is 0 Å². The standard InChI is InChI=1S/C27H24FN3O4/c1-3-34-27(33)24-16(2)30-23-13-10-19(14-22(23)25(24)29)31-26(32)21-7-5-4-6-17(21)15-35-20-11-8-18(28)9-12-20/h4-14H,3,15H2,1-2H3,(H2,29,30)(H,31,32). The lowest BCUT2D eigenvalue weighted by atomic mass is 10.0. The fourth-order valence-corrected chi connectivity index (χ4v) is 3.71. The van der Waals surface area contributed by atoms with Crippen molar-refractivity contribution < 1.29 is 23.5 Å². The van der Waals surface area contributed by atoms with Gasteiger partial charge in [-0.25, -0.2) is 9.18 Å². The van der Waals surface area contributed by atoms with Crippen LogP contribution in [-0.4, -0.2) is 23.5 Å². The van der Waals surface area contributed by atoms with Crippen LogP contribution in [0.5, 0.6) is 5.75 Å². The molecule has 35 heavy (non-hydrogen) atoms. The highest BCUT2D eigenvalue weighted by atomic mass is 19.1. The summed E-state index contributed by atoms with van der Waals surface area (Å²) in [7, 11) is 0. The molecule has 0 unspecified atom stereocenters. The lowest BCUT2D eigenvalue weighted by Crippen LogP contribution is -2.15. The molecule has 0 aliphatic carbocycles. The summed E-state index contributed by atoms with van der Waals surface area (Å²) in [6.07, 6.45) is 0.